The lowest BCUT2D eigenvalue weighted by Crippen LogP contribution is -2.42. The van der Waals surface area contributed by atoms with Gasteiger partial charge in [0.1, 0.15) is 0 Å². The second kappa shape index (κ2) is 7.31. The Kier molecular flexibility index (Phi) is 5.15. The third kappa shape index (κ3) is 4.12. The number of hydrogen-bond donors (Lipinski definition) is 0. The lowest BCUT2D eigenvalue weighted by Gasteiger charge is -2.28. The summed E-state index contributed by atoms with van der Waals surface area (Å²) in [6.45, 7) is 0. The first-order valence-corrected chi connectivity index (χ1v) is 10.3. The maximum Gasteiger partial charge on any atom is 0.237 e. The Labute approximate surface area is 145 Å². The van der Waals surface area contributed by atoms with Crippen LogP contribution in [0.3, 0.4) is 0 Å². The number of aromatic nitrogens is 2. The summed E-state index contributed by atoms with van der Waals surface area (Å²) in [5.41, 5.74) is 0.721. The van der Waals surface area contributed by atoms with Crippen molar-refractivity contribution in [2.45, 2.75) is 17.6 Å². The lowest BCUT2D eigenvalue weighted by atomic mass is 10.2. The van der Waals surface area contributed by atoms with Gasteiger partial charge in [-0.3, -0.25) is 4.79 Å². The second-order valence-corrected chi connectivity index (χ2v) is 8.65. The van der Waals surface area contributed by atoms with Gasteiger partial charge in [-0.05, 0) is 24.6 Å². The van der Waals surface area contributed by atoms with Crippen molar-refractivity contribution >= 4 is 33.2 Å². The average Bonchev–Trinajstić information content (AvgIpc) is 2.95. The van der Waals surface area contributed by atoms with Crippen LogP contribution in [0.5, 0.6) is 0 Å². The molecule has 1 saturated heterocycles. The number of carbonyl (C=O) groups is 1. The van der Waals surface area contributed by atoms with Gasteiger partial charge < -0.3 is 4.90 Å². The van der Waals surface area contributed by atoms with E-state index in [2.05, 4.69) is 9.97 Å². The van der Waals surface area contributed by atoms with Gasteiger partial charge in [-0.15, -0.1) is 0 Å². The molecule has 1 atom stereocenters. The smallest absolute Gasteiger partial charge is 0.237 e. The molecule has 1 aromatic heterocycles. The van der Waals surface area contributed by atoms with Gasteiger partial charge in [-0.2, -0.15) is 0 Å². The second-order valence-electron chi connectivity index (χ2n) is 5.48. The molecule has 126 valence electrons. The molecule has 0 N–H and O–H groups in total. The van der Waals surface area contributed by atoms with Crippen LogP contribution in [0.2, 0.25) is 0 Å². The Balaban J connectivity index is 1.78. The van der Waals surface area contributed by atoms with Crippen molar-refractivity contribution in [3.8, 4) is 0 Å². The van der Waals surface area contributed by atoms with Crippen molar-refractivity contribution in [3.05, 3.63) is 48.8 Å². The standard InChI is InChI=1S/C16H17N3O3S2/c20-15(11-23-16-17-8-4-9-18-16)19(13-5-2-1-3-6-13)14-7-10-24(21,22)12-14/h1-6,8-9,14H,7,10-12H2/t14-/m0/s1. The van der Waals surface area contributed by atoms with Gasteiger partial charge in [0.05, 0.1) is 23.3 Å². The van der Waals surface area contributed by atoms with E-state index in [1.807, 2.05) is 30.3 Å². The Morgan fingerprint density at radius 1 is 1.17 bits per heavy atom. The number of para-hydroxylation sites is 1. The molecule has 0 unspecified atom stereocenters. The highest BCUT2D eigenvalue weighted by atomic mass is 32.2. The zero-order valence-electron chi connectivity index (χ0n) is 12.9. The van der Waals surface area contributed by atoms with Crippen LogP contribution in [0.15, 0.2) is 53.9 Å². The average molecular weight is 363 g/mol. The van der Waals surface area contributed by atoms with E-state index in [1.54, 1.807) is 23.4 Å². The van der Waals surface area contributed by atoms with Gasteiger partial charge >= 0.3 is 0 Å². The molecule has 1 fully saturated rings. The molecule has 3 rings (SSSR count). The van der Waals surface area contributed by atoms with E-state index in [9.17, 15) is 13.2 Å². The Morgan fingerprint density at radius 2 is 1.88 bits per heavy atom. The van der Waals surface area contributed by atoms with E-state index in [-0.39, 0.29) is 29.2 Å². The molecular weight excluding hydrogens is 346 g/mol. The van der Waals surface area contributed by atoms with Crippen LogP contribution in [0.4, 0.5) is 5.69 Å². The highest BCUT2D eigenvalue weighted by Crippen LogP contribution is 2.26. The normalized spacial score (nSPS) is 19.1. The fourth-order valence-corrected chi connectivity index (χ4v) is 5.04. The molecule has 8 heteroatoms. The largest absolute Gasteiger partial charge is 0.308 e. The first-order valence-electron chi connectivity index (χ1n) is 7.52. The molecule has 0 spiro atoms. The van der Waals surface area contributed by atoms with Crippen LogP contribution < -0.4 is 4.90 Å². The highest BCUT2D eigenvalue weighted by Gasteiger charge is 2.35. The van der Waals surface area contributed by atoms with Crippen molar-refractivity contribution < 1.29 is 13.2 Å². The first kappa shape index (κ1) is 16.9. The maximum atomic E-state index is 12.8. The third-order valence-electron chi connectivity index (χ3n) is 3.74. The number of hydrogen-bond acceptors (Lipinski definition) is 6. The molecular formula is C16H17N3O3S2. The Morgan fingerprint density at radius 3 is 2.50 bits per heavy atom. The van der Waals surface area contributed by atoms with Gasteiger partial charge in [-0.25, -0.2) is 18.4 Å². The molecule has 0 aliphatic carbocycles. The van der Waals surface area contributed by atoms with Crippen molar-refractivity contribution in [3.63, 3.8) is 0 Å². The van der Waals surface area contributed by atoms with Crippen LogP contribution in [0.25, 0.3) is 0 Å². The van der Waals surface area contributed by atoms with Crippen LogP contribution >= 0.6 is 11.8 Å². The molecule has 2 heterocycles. The Bertz CT molecular complexity index is 798. The SMILES string of the molecule is O=C(CSc1ncccn1)N(c1ccccc1)[C@H]1CCS(=O)(=O)C1. The van der Waals surface area contributed by atoms with Gasteiger partial charge in [0, 0.05) is 18.1 Å². The number of carbonyl (C=O) groups excluding carboxylic acids is 1. The molecule has 1 amide bonds. The van der Waals surface area contributed by atoms with E-state index in [4.69, 9.17) is 0 Å². The van der Waals surface area contributed by atoms with Crippen LogP contribution in [-0.4, -0.2) is 47.6 Å². The number of thioether (sulfide) groups is 1. The van der Waals surface area contributed by atoms with Crippen LogP contribution in [0.1, 0.15) is 6.42 Å². The predicted octanol–water partition coefficient (Wildman–Crippen LogP) is 1.79. The first-order chi connectivity index (χ1) is 11.6. The van der Waals surface area contributed by atoms with Crippen molar-refractivity contribution in [2.24, 2.45) is 0 Å². The Hall–Kier alpha value is -1.93. The maximum absolute atomic E-state index is 12.8. The van der Waals surface area contributed by atoms with E-state index in [0.717, 1.165) is 5.69 Å². The van der Waals surface area contributed by atoms with E-state index >= 15 is 0 Å². The predicted molar refractivity (Wildman–Crippen MR) is 93.7 cm³/mol. The van der Waals surface area contributed by atoms with E-state index < -0.39 is 9.84 Å². The zero-order valence-corrected chi connectivity index (χ0v) is 14.5. The van der Waals surface area contributed by atoms with Gasteiger partial charge in [0.2, 0.25) is 5.91 Å². The highest BCUT2D eigenvalue weighted by molar-refractivity contribution is 7.99. The fourth-order valence-electron chi connectivity index (χ4n) is 2.68. The number of amides is 1. The summed E-state index contributed by atoms with van der Waals surface area (Å²) in [7, 11) is -3.07. The summed E-state index contributed by atoms with van der Waals surface area (Å²) in [4.78, 5) is 22.6. The number of anilines is 1. The lowest BCUT2D eigenvalue weighted by molar-refractivity contribution is -0.116. The van der Waals surface area contributed by atoms with Gasteiger partial charge in [0.15, 0.2) is 15.0 Å². The molecule has 6 nitrogen and oxygen atoms in total. The minimum atomic E-state index is -3.07. The number of benzene rings is 1. The number of sulfone groups is 1. The quantitative estimate of drug-likeness (QED) is 0.595. The molecule has 0 radical (unpaired) electrons. The number of nitrogens with zero attached hydrogens (tertiary/aromatic N) is 3. The fraction of sp³-hybridized carbons (Fsp3) is 0.312. The topological polar surface area (TPSA) is 80.2 Å². The molecule has 1 aliphatic rings. The van der Waals surface area contributed by atoms with Crippen molar-refractivity contribution in [1.29, 1.82) is 0 Å². The number of rotatable bonds is 5. The minimum Gasteiger partial charge on any atom is -0.308 e. The summed E-state index contributed by atoms with van der Waals surface area (Å²) in [5.74, 6) is 0.166. The summed E-state index contributed by atoms with van der Waals surface area (Å²) in [5, 5.41) is 0.526. The van der Waals surface area contributed by atoms with Gasteiger partial charge in [-0.1, -0.05) is 30.0 Å². The molecule has 0 bridgehead atoms. The van der Waals surface area contributed by atoms with Crippen LogP contribution in [-0.2, 0) is 14.6 Å². The van der Waals surface area contributed by atoms with Gasteiger partial charge in [0.25, 0.3) is 0 Å². The summed E-state index contributed by atoms with van der Waals surface area (Å²) in [6, 6.07) is 10.6. The monoisotopic (exact) mass is 363 g/mol. The summed E-state index contributed by atoms with van der Waals surface area (Å²) >= 11 is 1.25. The molecule has 2 aromatic rings. The zero-order chi connectivity index (χ0) is 17.0. The van der Waals surface area contributed by atoms with E-state index in [1.165, 1.54) is 11.8 Å². The summed E-state index contributed by atoms with van der Waals surface area (Å²) in [6.07, 6.45) is 3.71. The summed E-state index contributed by atoms with van der Waals surface area (Å²) < 4.78 is 23.6. The van der Waals surface area contributed by atoms with Crippen molar-refractivity contribution in [2.75, 3.05) is 22.2 Å². The molecule has 24 heavy (non-hydrogen) atoms. The van der Waals surface area contributed by atoms with Crippen molar-refractivity contribution in [1.82, 2.24) is 9.97 Å². The molecule has 1 aromatic carbocycles. The third-order valence-corrected chi connectivity index (χ3v) is 6.35. The minimum absolute atomic E-state index is 0.0140. The molecule has 0 saturated carbocycles. The molecule has 1 aliphatic heterocycles. The van der Waals surface area contributed by atoms with E-state index in [0.29, 0.717) is 11.6 Å². The van der Waals surface area contributed by atoms with Crippen LogP contribution in [0, 0.1) is 0 Å².